The number of nitrogens with zero attached hydrogens (tertiary/aromatic N) is 2. The molecule has 0 aliphatic rings. The van der Waals surface area contributed by atoms with Crippen molar-refractivity contribution in [2.24, 2.45) is 0 Å². The van der Waals surface area contributed by atoms with Gasteiger partial charge in [0.2, 0.25) is 5.91 Å². The van der Waals surface area contributed by atoms with E-state index in [1.165, 1.54) is 11.8 Å². The minimum Gasteiger partial charge on any atom is -0.457 e. The van der Waals surface area contributed by atoms with Crippen LogP contribution >= 0.6 is 11.8 Å². The molecule has 2 N–H and O–H groups in total. The topological polar surface area (TPSA) is 93.0 Å². The molecular formula is C20H16N4O3S. The molecule has 0 atom stereocenters. The van der Waals surface area contributed by atoms with Crippen molar-refractivity contribution < 1.29 is 13.9 Å². The first-order valence-electron chi connectivity index (χ1n) is 8.49. The second-order valence-corrected chi connectivity index (χ2v) is 6.66. The number of ether oxygens (including phenoxy) is 1. The van der Waals surface area contributed by atoms with Crippen molar-refractivity contribution >= 4 is 23.4 Å². The van der Waals surface area contributed by atoms with Gasteiger partial charge < -0.3 is 19.5 Å². The smallest absolute Gasteiger partial charge is 0.277 e. The molecule has 2 heterocycles. The number of benzene rings is 2. The van der Waals surface area contributed by atoms with Crippen molar-refractivity contribution in [2.45, 2.75) is 5.22 Å². The summed E-state index contributed by atoms with van der Waals surface area (Å²) in [6, 6.07) is 20.4. The number of aromatic nitrogens is 3. The van der Waals surface area contributed by atoms with E-state index in [4.69, 9.17) is 9.15 Å². The highest BCUT2D eigenvalue weighted by molar-refractivity contribution is 7.99. The van der Waals surface area contributed by atoms with Gasteiger partial charge >= 0.3 is 0 Å². The lowest BCUT2D eigenvalue weighted by molar-refractivity contribution is -0.113. The van der Waals surface area contributed by atoms with Gasteiger partial charge in [0.1, 0.15) is 17.2 Å². The van der Waals surface area contributed by atoms with Gasteiger partial charge in [-0.2, -0.15) is 0 Å². The maximum absolute atomic E-state index is 12.2. The van der Waals surface area contributed by atoms with Gasteiger partial charge in [-0.05, 0) is 36.4 Å². The van der Waals surface area contributed by atoms with Gasteiger partial charge in [-0.25, -0.2) is 0 Å². The zero-order valence-electron chi connectivity index (χ0n) is 14.7. The summed E-state index contributed by atoms with van der Waals surface area (Å²) in [7, 11) is 0. The van der Waals surface area contributed by atoms with Gasteiger partial charge in [0, 0.05) is 18.0 Å². The fourth-order valence-electron chi connectivity index (χ4n) is 2.43. The van der Waals surface area contributed by atoms with Crippen molar-refractivity contribution in [2.75, 3.05) is 11.1 Å². The van der Waals surface area contributed by atoms with E-state index in [2.05, 4.69) is 20.5 Å². The summed E-state index contributed by atoms with van der Waals surface area (Å²) in [5.74, 6) is 1.73. The normalized spacial score (nSPS) is 10.6. The highest BCUT2D eigenvalue weighted by atomic mass is 32.2. The largest absolute Gasteiger partial charge is 0.457 e. The minimum absolute atomic E-state index is 0.149. The first-order chi connectivity index (χ1) is 13.8. The third-order valence-corrected chi connectivity index (χ3v) is 4.48. The lowest BCUT2D eigenvalue weighted by Crippen LogP contribution is -2.13. The van der Waals surface area contributed by atoms with Gasteiger partial charge in [-0.15, -0.1) is 10.2 Å². The van der Waals surface area contributed by atoms with Gasteiger partial charge in [0.15, 0.2) is 0 Å². The molecule has 4 aromatic rings. The number of carbonyl (C=O) groups excluding carboxylic acids is 1. The van der Waals surface area contributed by atoms with Gasteiger partial charge in [-0.3, -0.25) is 4.79 Å². The van der Waals surface area contributed by atoms with Crippen LogP contribution in [0.2, 0.25) is 0 Å². The van der Waals surface area contributed by atoms with Gasteiger partial charge in [-0.1, -0.05) is 36.0 Å². The zero-order valence-corrected chi connectivity index (χ0v) is 15.5. The predicted octanol–water partition coefficient (Wildman–Crippen LogP) is 4.59. The van der Waals surface area contributed by atoms with Crippen molar-refractivity contribution in [3.8, 4) is 23.1 Å². The van der Waals surface area contributed by atoms with Crippen LogP contribution in [0.5, 0.6) is 11.5 Å². The van der Waals surface area contributed by atoms with E-state index < -0.39 is 0 Å². The van der Waals surface area contributed by atoms with Gasteiger partial charge in [0.25, 0.3) is 11.1 Å². The highest BCUT2D eigenvalue weighted by Crippen LogP contribution is 2.25. The number of amides is 1. The maximum atomic E-state index is 12.2. The third kappa shape index (κ3) is 4.60. The molecule has 2 aromatic carbocycles. The molecule has 2 aromatic heterocycles. The lowest BCUT2D eigenvalue weighted by Gasteiger charge is -2.08. The van der Waals surface area contributed by atoms with Crippen LogP contribution in [0.15, 0.2) is 82.6 Å². The maximum Gasteiger partial charge on any atom is 0.277 e. The van der Waals surface area contributed by atoms with Crippen molar-refractivity contribution in [1.82, 2.24) is 15.2 Å². The average Bonchev–Trinajstić information content (AvgIpc) is 3.39. The summed E-state index contributed by atoms with van der Waals surface area (Å²) in [6.07, 6.45) is 1.77. The molecule has 0 saturated heterocycles. The van der Waals surface area contributed by atoms with E-state index in [1.54, 1.807) is 18.3 Å². The van der Waals surface area contributed by atoms with Crippen LogP contribution in [0.25, 0.3) is 11.6 Å². The van der Waals surface area contributed by atoms with E-state index in [-0.39, 0.29) is 11.7 Å². The molecule has 7 nitrogen and oxygen atoms in total. The number of carbonyl (C=O) groups is 1. The first kappa shape index (κ1) is 17.9. The fraction of sp³-hybridized carbons (Fsp3) is 0.0500. The first-order valence-corrected chi connectivity index (χ1v) is 9.48. The molecule has 0 aliphatic carbocycles. The second-order valence-electron chi connectivity index (χ2n) is 5.74. The van der Waals surface area contributed by atoms with Crippen molar-refractivity contribution in [1.29, 1.82) is 0 Å². The summed E-state index contributed by atoms with van der Waals surface area (Å²) in [5.41, 5.74) is 1.38. The lowest BCUT2D eigenvalue weighted by atomic mass is 10.3. The summed E-state index contributed by atoms with van der Waals surface area (Å²) in [6.45, 7) is 0. The highest BCUT2D eigenvalue weighted by Gasteiger charge is 2.12. The molecule has 0 unspecified atom stereocenters. The number of para-hydroxylation sites is 1. The van der Waals surface area contributed by atoms with Crippen LogP contribution in [0.3, 0.4) is 0 Å². The van der Waals surface area contributed by atoms with Gasteiger partial charge in [0.05, 0.1) is 5.75 Å². The molecule has 0 bridgehead atoms. The van der Waals surface area contributed by atoms with Crippen molar-refractivity contribution in [3.05, 3.63) is 72.9 Å². The average molecular weight is 392 g/mol. The molecule has 1 amide bonds. The number of nitrogens with one attached hydrogen (secondary N) is 2. The van der Waals surface area contributed by atoms with Crippen LogP contribution < -0.4 is 10.1 Å². The molecule has 140 valence electrons. The molecule has 0 radical (unpaired) electrons. The van der Waals surface area contributed by atoms with Crippen LogP contribution in [-0.2, 0) is 4.79 Å². The molecule has 0 aliphatic heterocycles. The van der Waals surface area contributed by atoms with E-state index >= 15 is 0 Å². The van der Waals surface area contributed by atoms with Crippen LogP contribution in [-0.4, -0.2) is 26.8 Å². The van der Waals surface area contributed by atoms with Crippen molar-refractivity contribution in [3.63, 3.8) is 0 Å². The molecule has 28 heavy (non-hydrogen) atoms. The summed E-state index contributed by atoms with van der Waals surface area (Å²) < 4.78 is 11.3. The molecule has 0 saturated carbocycles. The summed E-state index contributed by atoms with van der Waals surface area (Å²) >= 11 is 1.18. The predicted molar refractivity (Wildman–Crippen MR) is 106 cm³/mol. The Morgan fingerprint density at radius 1 is 1.04 bits per heavy atom. The Bertz CT molecular complexity index is 1050. The second kappa shape index (κ2) is 8.45. The summed E-state index contributed by atoms with van der Waals surface area (Å²) in [5, 5.41) is 11.1. The molecule has 0 fully saturated rings. The Morgan fingerprint density at radius 3 is 2.71 bits per heavy atom. The summed E-state index contributed by atoms with van der Waals surface area (Å²) in [4.78, 5) is 15.2. The molecule has 0 spiro atoms. The Balaban J connectivity index is 1.32. The number of aromatic amines is 1. The van der Waals surface area contributed by atoms with E-state index in [0.29, 0.717) is 22.6 Å². The monoisotopic (exact) mass is 392 g/mol. The Kier molecular flexibility index (Phi) is 5.39. The Labute approximate surface area is 165 Å². The van der Waals surface area contributed by atoms with Crippen LogP contribution in [0, 0.1) is 0 Å². The minimum atomic E-state index is -0.179. The SMILES string of the molecule is O=C(CSc1nnc(-c2ccc[nH]2)o1)Nc1cccc(Oc2ccccc2)c1. The number of hydrogen-bond acceptors (Lipinski definition) is 6. The number of anilines is 1. The van der Waals surface area contributed by atoms with Crippen LogP contribution in [0.1, 0.15) is 0 Å². The molecule has 4 rings (SSSR count). The molecular weight excluding hydrogens is 376 g/mol. The van der Waals surface area contributed by atoms with E-state index in [9.17, 15) is 4.79 Å². The Hall–Kier alpha value is -3.52. The number of thioether (sulfide) groups is 1. The third-order valence-electron chi connectivity index (χ3n) is 3.66. The number of rotatable bonds is 7. The fourth-order valence-corrected chi connectivity index (χ4v) is 2.99. The molecule has 8 heteroatoms. The Morgan fingerprint density at radius 2 is 1.89 bits per heavy atom. The zero-order chi connectivity index (χ0) is 19.2. The van der Waals surface area contributed by atoms with E-state index in [0.717, 1.165) is 11.4 Å². The van der Waals surface area contributed by atoms with E-state index in [1.807, 2.05) is 54.6 Å². The standard InChI is InChI=1S/C20H16N4O3S/c25-18(13-28-20-24-23-19(27-20)17-10-5-11-21-17)22-14-6-4-9-16(12-14)26-15-7-2-1-3-8-15/h1-12,21H,13H2,(H,22,25). The van der Waals surface area contributed by atoms with Crippen LogP contribution in [0.4, 0.5) is 5.69 Å². The quantitative estimate of drug-likeness (QED) is 0.447. The number of hydrogen-bond donors (Lipinski definition) is 2. The number of H-pyrrole nitrogens is 1.